The predicted octanol–water partition coefficient (Wildman–Crippen LogP) is 4.05. The number of carbonyl (C=O) groups is 2. The summed E-state index contributed by atoms with van der Waals surface area (Å²) in [5, 5.41) is 0. The Balaban J connectivity index is 1.45. The summed E-state index contributed by atoms with van der Waals surface area (Å²) < 4.78 is 24.4. The van der Waals surface area contributed by atoms with Crippen molar-refractivity contribution < 1.29 is 23.5 Å². The molecule has 2 aromatic rings. The molecule has 0 N–H and O–H groups in total. The van der Waals surface area contributed by atoms with Gasteiger partial charge in [-0.3, -0.25) is 9.59 Å². The van der Waals surface area contributed by atoms with Crippen molar-refractivity contribution in [2.45, 2.75) is 51.2 Å². The maximum Gasteiger partial charge on any atom is 0.250 e. The summed E-state index contributed by atoms with van der Waals surface area (Å²) in [7, 11) is 0. The Morgan fingerprint density at radius 2 is 1.69 bits per heavy atom. The lowest BCUT2D eigenvalue weighted by Gasteiger charge is -2.45. The van der Waals surface area contributed by atoms with Gasteiger partial charge in [0.15, 0.2) is 11.5 Å². The first-order valence-electron chi connectivity index (χ1n) is 11.2. The van der Waals surface area contributed by atoms with E-state index in [1.54, 1.807) is 21.9 Å². The van der Waals surface area contributed by atoms with Crippen LogP contribution in [0.5, 0.6) is 11.5 Å². The Morgan fingerprint density at radius 1 is 0.969 bits per heavy atom. The number of piperazine rings is 1. The third kappa shape index (κ3) is 3.92. The third-order valence-corrected chi connectivity index (χ3v) is 6.86. The molecule has 2 aliphatic heterocycles. The zero-order valence-electron chi connectivity index (χ0n) is 18.1. The van der Waals surface area contributed by atoms with E-state index in [-0.39, 0.29) is 43.6 Å². The molecule has 7 heteroatoms. The topological polar surface area (TPSA) is 59.1 Å². The first-order chi connectivity index (χ1) is 15.5. The van der Waals surface area contributed by atoms with Gasteiger partial charge in [-0.2, -0.15) is 0 Å². The second-order valence-electron chi connectivity index (χ2n) is 9.04. The van der Waals surface area contributed by atoms with Crippen molar-refractivity contribution in [2.75, 3.05) is 13.3 Å². The smallest absolute Gasteiger partial charge is 0.250 e. The van der Waals surface area contributed by atoms with Crippen molar-refractivity contribution in [2.24, 2.45) is 5.92 Å². The fourth-order valence-corrected chi connectivity index (χ4v) is 5.00. The van der Waals surface area contributed by atoms with Gasteiger partial charge in [0, 0.05) is 12.6 Å². The average molecular weight is 438 g/mol. The fraction of sp³-hybridized carbons (Fsp3) is 0.440. The van der Waals surface area contributed by atoms with Gasteiger partial charge in [0.1, 0.15) is 18.4 Å². The van der Waals surface area contributed by atoms with Gasteiger partial charge in [-0.25, -0.2) is 4.39 Å². The molecule has 1 aliphatic carbocycles. The number of hydrogen-bond donors (Lipinski definition) is 0. The highest BCUT2D eigenvalue weighted by Gasteiger charge is 2.43. The maximum atomic E-state index is 13.7. The lowest BCUT2D eigenvalue weighted by molar-refractivity contribution is -0.160. The van der Waals surface area contributed by atoms with Gasteiger partial charge in [-0.1, -0.05) is 25.1 Å². The normalized spacial score (nSPS) is 25.4. The molecule has 0 spiro atoms. The summed E-state index contributed by atoms with van der Waals surface area (Å²) in [5.41, 5.74) is 1.47. The molecule has 2 amide bonds. The first kappa shape index (κ1) is 20.8. The molecule has 0 aromatic heterocycles. The van der Waals surface area contributed by atoms with E-state index in [4.69, 9.17) is 9.47 Å². The Bertz CT molecular complexity index is 1020. The SMILES string of the molecule is CC1CCC(N2CC(=O)N(Cc3ccc4c(c3)OCO4)[C@@H](c3ccc(F)cc3)C2=O)CC1. The molecule has 2 aromatic carbocycles. The Hall–Kier alpha value is -3.09. The maximum absolute atomic E-state index is 13.7. The number of benzene rings is 2. The average Bonchev–Trinajstić information content (AvgIpc) is 3.26. The zero-order valence-corrected chi connectivity index (χ0v) is 18.1. The predicted molar refractivity (Wildman–Crippen MR) is 115 cm³/mol. The summed E-state index contributed by atoms with van der Waals surface area (Å²) in [5.74, 6) is 1.39. The van der Waals surface area contributed by atoms with Crippen molar-refractivity contribution in [3.8, 4) is 11.5 Å². The van der Waals surface area contributed by atoms with Gasteiger partial charge in [0.2, 0.25) is 12.7 Å². The molecule has 1 saturated carbocycles. The van der Waals surface area contributed by atoms with Crippen LogP contribution < -0.4 is 9.47 Å². The van der Waals surface area contributed by atoms with Crippen molar-refractivity contribution in [1.82, 2.24) is 9.80 Å². The summed E-state index contributed by atoms with van der Waals surface area (Å²) in [6.45, 7) is 2.75. The van der Waals surface area contributed by atoms with E-state index >= 15 is 0 Å². The highest BCUT2D eigenvalue weighted by atomic mass is 19.1. The summed E-state index contributed by atoms with van der Waals surface area (Å²) in [6.07, 6.45) is 3.95. The largest absolute Gasteiger partial charge is 0.454 e. The fourth-order valence-electron chi connectivity index (χ4n) is 5.00. The number of carbonyl (C=O) groups excluding carboxylic acids is 2. The van der Waals surface area contributed by atoms with Gasteiger partial charge in [0.05, 0.1) is 0 Å². The van der Waals surface area contributed by atoms with Crippen LogP contribution >= 0.6 is 0 Å². The number of nitrogens with zero attached hydrogens (tertiary/aromatic N) is 2. The van der Waals surface area contributed by atoms with E-state index < -0.39 is 6.04 Å². The second kappa shape index (κ2) is 8.45. The molecular formula is C25H27FN2O4. The molecule has 5 rings (SSSR count). The molecule has 3 aliphatic rings. The van der Waals surface area contributed by atoms with Crippen LogP contribution in [-0.2, 0) is 16.1 Å². The molecular weight excluding hydrogens is 411 g/mol. The van der Waals surface area contributed by atoms with Crippen LogP contribution in [-0.4, -0.2) is 41.0 Å². The third-order valence-electron chi connectivity index (χ3n) is 6.86. The molecule has 0 unspecified atom stereocenters. The number of ether oxygens (including phenoxy) is 2. The van der Waals surface area contributed by atoms with Gasteiger partial charge in [-0.05, 0) is 67.0 Å². The van der Waals surface area contributed by atoms with Crippen LogP contribution in [0.2, 0.25) is 0 Å². The highest BCUT2D eigenvalue weighted by molar-refractivity contribution is 5.95. The summed E-state index contributed by atoms with van der Waals surface area (Å²) in [4.78, 5) is 30.4. The molecule has 0 bridgehead atoms. The number of halogens is 1. The first-order valence-corrected chi connectivity index (χ1v) is 11.2. The van der Waals surface area contributed by atoms with Crippen molar-refractivity contribution in [3.05, 3.63) is 59.4 Å². The van der Waals surface area contributed by atoms with E-state index in [0.717, 1.165) is 31.2 Å². The molecule has 168 valence electrons. The van der Waals surface area contributed by atoms with E-state index in [1.807, 2.05) is 18.2 Å². The number of fused-ring (bicyclic) bond motifs is 1. The van der Waals surface area contributed by atoms with Crippen LogP contribution in [0.25, 0.3) is 0 Å². The molecule has 1 saturated heterocycles. The number of rotatable bonds is 4. The molecule has 0 radical (unpaired) electrons. The Kier molecular flexibility index (Phi) is 5.49. The minimum atomic E-state index is -0.776. The van der Waals surface area contributed by atoms with E-state index in [9.17, 15) is 14.0 Å². The minimum absolute atomic E-state index is 0.0818. The molecule has 2 fully saturated rings. The van der Waals surface area contributed by atoms with Gasteiger partial charge < -0.3 is 19.3 Å². The van der Waals surface area contributed by atoms with Crippen molar-refractivity contribution in [1.29, 1.82) is 0 Å². The summed E-state index contributed by atoms with van der Waals surface area (Å²) in [6, 6.07) is 10.7. The lowest BCUT2D eigenvalue weighted by atomic mass is 9.85. The monoisotopic (exact) mass is 438 g/mol. The number of hydrogen-bond acceptors (Lipinski definition) is 4. The quantitative estimate of drug-likeness (QED) is 0.723. The number of amides is 2. The summed E-state index contributed by atoms with van der Waals surface area (Å²) >= 11 is 0. The lowest BCUT2D eigenvalue weighted by Crippen LogP contribution is -2.58. The van der Waals surface area contributed by atoms with Crippen LogP contribution in [0.15, 0.2) is 42.5 Å². The highest BCUT2D eigenvalue weighted by Crippen LogP contribution is 2.37. The minimum Gasteiger partial charge on any atom is -0.454 e. The van der Waals surface area contributed by atoms with Crippen LogP contribution in [0.1, 0.15) is 49.8 Å². The van der Waals surface area contributed by atoms with E-state index in [1.165, 1.54) is 12.1 Å². The van der Waals surface area contributed by atoms with Gasteiger partial charge >= 0.3 is 0 Å². The Morgan fingerprint density at radius 3 is 2.44 bits per heavy atom. The second-order valence-corrected chi connectivity index (χ2v) is 9.04. The Labute approximate surface area is 186 Å². The molecule has 1 atom stereocenters. The van der Waals surface area contributed by atoms with Crippen molar-refractivity contribution >= 4 is 11.8 Å². The van der Waals surface area contributed by atoms with Gasteiger partial charge in [-0.15, -0.1) is 0 Å². The van der Waals surface area contributed by atoms with E-state index in [0.29, 0.717) is 23.0 Å². The van der Waals surface area contributed by atoms with Gasteiger partial charge in [0.25, 0.3) is 5.91 Å². The molecule has 6 nitrogen and oxygen atoms in total. The van der Waals surface area contributed by atoms with Crippen molar-refractivity contribution in [3.63, 3.8) is 0 Å². The van der Waals surface area contributed by atoms with Crippen LogP contribution in [0.3, 0.4) is 0 Å². The standard InChI is InChI=1S/C25H27FN2O4/c1-16-2-9-20(10-3-16)27-14-23(29)28(13-17-4-11-21-22(12-17)32-15-31-21)24(25(27)30)18-5-7-19(26)8-6-18/h4-8,11-12,16,20,24H,2-3,9-10,13-15H2,1H3/t16?,20?,24-/m0/s1. The molecule has 32 heavy (non-hydrogen) atoms. The zero-order chi connectivity index (χ0) is 22.2. The molecule has 2 heterocycles. The van der Waals surface area contributed by atoms with E-state index in [2.05, 4.69) is 6.92 Å². The van der Waals surface area contributed by atoms with Crippen LogP contribution in [0.4, 0.5) is 4.39 Å². The van der Waals surface area contributed by atoms with Crippen LogP contribution in [0, 0.1) is 11.7 Å².